The van der Waals surface area contributed by atoms with E-state index in [0.29, 0.717) is 36.7 Å². The molecule has 1 unspecified atom stereocenters. The molecule has 0 bridgehead atoms. The summed E-state index contributed by atoms with van der Waals surface area (Å²) in [6.45, 7) is 3.06. The number of ether oxygens (including phenoxy) is 2. The quantitative estimate of drug-likeness (QED) is 0.767. The molecule has 1 aliphatic heterocycles. The summed E-state index contributed by atoms with van der Waals surface area (Å²) in [5.74, 6) is 1.18. The lowest BCUT2D eigenvalue weighted by atomic mass is 9.95. The molecular formula is C14H16O4. The Hall–Kier alpha value is -1.84. The molecule has 96 valence electrons. The summed E-state index contributed by atoms with van der Waals surface area (Å²) < 4.78 is 11.3. The zero-order chi connectivity index (χ0) is 13.0. The molecule has 0 saturated carbocycles. The SMILES string of the molecule is CC(CC=O)c1ccc(C=O)c2c1OCCCO2. The van der Waals surface area contributed by atoms with Crippen LogP contribution in [0.2, 0.25) is 0 Å². The van der Waals surface area contributed by atoms with E-state index in [-0.39, 0.29) is 5.92 Å². The van der Waals surface area contributed by atoms with Gasteiger partial charge in [0.1, 0.15) is 6.29 Å². The van der Waals surface area contributed by atoms with E-state index < -0.39 is 0 Å². The average Bonchev–Trinajstić information content (AvgIpc) is 2.63. The number of aldehydes is 2. The van der Waals surface area contributed by atoms with Crippen LogP contribution in [-0.4, -0.2) is 25.8 Å². The maximum atomic E-state index is 11.0. The zero-order valence-corrected chi connectivity index (χ0v) is 10.3. The maximum Gasteiger partial charge on any atom is 0.171 e. The number of hydrogen-bond donors (Lipinski definition) is 0. The summed E-state index contributed by atoms with van der Waals surface area (Å²) >= 11 is 0. The van der Waals surface area contributed by atoms with Gasteiger partial charge in [0.05, 0.1) is 18.8 Å². The molecule has 0 saturated heterocycles. The molecule has 0 spiro atoms. The first-order valence-corrected chi connectivity index (χ1v) is 6.09. The van der Waals surface area contributed by atoms with Crippen LogP contribution in [0.25, 0.3) is 0 Å². The van der Waals surface area contributed by atoms with E-state index >= 15 is 0 Å². The van der Waals surface area contributed by atoms with E-state index in [2.05, 4.69) is 0 Å². The van der Waals surface area contributed by atoms with Gasteiger partial charge in [-0.3, -0.25) is 4.79 Å². The molecule has 0 amide bonds. The summed E-state index contributed by atoms with van der Waals surface area (Å²) in [7, 11) is 0. The first kappa shape index (κ1) is 12.6. The van der Waals surface area contributed by atoms with Crippen LogP contribution in [0.5, 0.6) is 11.5 Å². The highest BCUT2D eigenvalue weighted by atomic mass is 16.5. The fraction of sp³-hybridized carbons (Fsp3) is 0.429. The van der Waals surface area contributed by atoms with Gasteiger partial charge in [0.2, 0.25) is 0 Å². The van der Waals surface area contributed by atoms with Crippen molar-refractivity contribution >= 4 is 12.6 Å². The Labute approximate surface area is 106 Å². The molecule has 18 heavy (non-hydrogen) atoms. The predicted molar refractivity (Wildman–Crippen MR) is 66.5 cm³/mol. The summed E-state index contributed by atoms with van der Waals surface area (Å²) in [5.41, 5.74) is 1.42. The number of benzene rings is 1. The van der Waals surface area contributed by atoms with Crippen LogP contribution in [0, 0.1) is 0 Å². The minimum Gasteiger partial charge on any atom is -0.489 e. The van der Waals surface area contributed by atoms with Crippen molar-refractivity contribution in [3.05, 3.63) is 23.3 Å². The van der Waals surface area contributed by atoms with Gasteiger partial charge in [0.15, 0.2) is 17.8 Å². The smallest absolute Gasteiger partial charge is 0.171 e. The summed E-state index contributed by atoms with van der Waals surface area (Å²) in [6, 6.07) is 3.56. The Bertz CT molecular complexity index is 453. The van der Waals surface area contributed by atoms with Crippen LogP contribution in [-0.2, 0) is 4.79 Å². The molecular weight excluding hydrogens is 232 g/mol. The Morgan fingerprint density at radius 2 is 1.94 bits per heavy atom. The zero-order valence-electron chi connectivity index (χ0n) is 10.3. The lowest BCUT2D eigenvalue weighted by Gasteiger charge is -2.17. The monoisotopic (exact) mass is 248 g/mol. The normalized spacial score (nSPS) is 15.6. The van der Waals surface area contributed by atoms with E-state index in [9.17, 15) is 9.59 Å². The molecule has 0 radical (unpaired) electrons. The first-order valence-electron chi connectivity index (χ1n) is 6.09. The molecule has 1 atom stereocenters. The van der Waals surface area contributed by atoms with Gasteiger partial charge < -0.3 is 14.3 Å². The van der Waals surface area contributed by atoms with Crippen LogP contribution in [0.3, 0.4) is 0 Å². The summed E-state index contributed by atoms with van der Waals surface area (Å²) in [4.78, 5) is 21.6. The van der Waals surface area contributed by atoms with Crippen LogP contribution in [0.1, 0.15) is 41.6 Å². The second-order valence-electron chi connectivity index (χ2n) is 4.37. The van der Waals surface area contributed by atoms with Crippen molar-refractivity contribution < 1.29 is 19.1 Å². The number of carbonyl (C=O) groups is 2. The fourth-order valence-electron chi connectivity index (χ4n) is 2.05. The van der Waals surface area contributed by atoms with Crippen LogP contribution >= 0.6 is 0 Å². The van der Waals surface area contributed by atoms with E-state index in [1.165, 1.54) is 0 Å². The Kier molecular flexibility index (Phi) is 3.97. The third-order valence-electron chi connectivity index (χ3n) is 3.06. The van der Waals surface area contributed by atoms with Crippen molar-refractivity contribution in [3.63, 3.8) is 0 Å². The van der Waals surface area contributed by atoms with Crippen molar-refractivity contribution in [1.29, 1.82) is 0 Å². The number of carbonyl (C=O) groups excluding carboxylic acids is 2. The molecule has 2 rings (SSSR count). The van der Waals surface area contributed by atoms with Crippen molar-refractivity contribution in [2.75, 3.05) is 13.2 Å². The van der Waals surface area contributed by atoms with Crippen LogP contribution < -0.4 is 9.47 Å². The molecule has 0 fully saturated rings. The van der Waals surface area contributed by atoms with Crippen molar-refractivity contribution in [1.82, 2.24) is 0 Å². The molecule has 1 aromatic carbocycles. The Balaban J connectivity index is 2.48. The second-order valence-corrected chi connectivity index (χ2v) is 4.37. The van der Waals surface area contributed by atoms with E-state index in [4.69, 9.17) is 9.47 Å². The molecule has 1 heterocycles. The predicted octanol–water partition coefficient (Wildman–Crippen LogP) is 2.35. The largest absolute Gasteiger partial charge is 0.489 e. The van der Waals surface area contributed by atoms with Gasteiger partial charge in [-0.25, -0.2) is 0 Å². The second kappa shape index (κ2) is 5.67. The fourth-order valence-corrected chi connectivity index (χ4v) is 2.05. The summed E-state index contributed by atoms with van der Waals surface area (Å²) in [6.07, 6.45) is 2.87. The van der Waals surface area contributed by atoms with Gasteiger partial charge >= 0.3 is 0 Å². The van der Waals surface area contributed by atoms with Gasteiger partial charge in [0, 0.05) is 18.4 Å². The van der Waals surface area contributed by atoms with E-state index in [0.717, 1.165) is 24.6 Å². The van der Waals surface area contributed by atoms with Crippen LogP contribution in [0.15, 0.2) is 12.1 Å². The first-order chi connectivity index (χ1) is 8.77. The highest BCUT2D eigenvalue weighted by molar-refractivity contribution is 5.82. The van der Waals surface area contributed by atoms with Crippen molar-refractivity contribution in [2.24, 2.45) is 0 Å². The highest BCUT2D eigenvalue weighted by Gasteiger charge is 2.21. The number of hydrogen-bond acceptors (Lipinski definition) is 4. The van der Waals surface area contributed by atoms with Gasteiger partial charge in [-0.1, -0.05) is 13.0 Å². The Morgan fingerprint density at radius 3 is 2.61 bits per heavy atom. The van der Waals surface area contributed by atoms with Crippen molar-refractivity contribution in [3.8, 4) is 11.5 Å². The van der Waals surface area contributed by atoms with Gasteiger partial charge in [-0.15, -0.1) is 0 Å². The molecule has 4 nitrogen and oxygen atoms in total. The minimum absolute atomic E-state index is 0.0543. The number of rotatable bonds is 4. The highest BCUT2D eigenvalue weighted by Crippen LogP contribution is 2.40. The standard InChI is InChI=1S/C14H16O4/c1-10(5-6-15)12-4-3-11(9-16)13-14(12)18-8-2-7-17-13/h3-4,6,9-10H,2,5,7-8H2,1H3. The maximum absolute atomic E-state index is 11.0. The lowest BCUT2D eigenvalue weighted by Crippen LogP contribution is -2.03. The molecule has 0 aliphatic carbocycles. The molecule has 1 aromatic rings. The van der Waals surface area contributed by atoms with Gasteiger partial charge in [-0.2, -0.15) is 0 Å². The number of fused-ring (bicyclic) bond motifs is 1. The lowest BCUT2D eigenvalue weighted by molar-refractivity contribution is -0.108. The molecule has 4 heteroatoms. The third kappa shape index (κ3) is 2.37. The molecule has 0 aromatic heterocycles. The summed E-state index contributed by atoms with van der Waals surface area (Å²) in [5, 5.41) is 0. The van der Waals surface area contributed by atoms with Gasteiger partial charge in [-0.05, 0) is 12.0 Å². The molecule has 1 aliphatic rings. The van der Waals surface area contributed by atoms with Crippen molar-refractivity contribution in [2.45, 2.75) is 25.7 Å². The van der Waals surface area contributed by atoms with Gasteiger partial charge in [0.25, 0.3) is 0 Å². The van der Waals surface area contributed by atoms with E-state index in [1.807, 2.05) is 13.0 Å². The Morgan fingerprint density at radius 1 is 1.22 bits per heavy atom. The topological polar surface area (TPSA) is 52.6 Å². The van der Waals surface area contributed by atoms with Crippen LogP contribution in [0.4, 0.5) is 0 Å². The molecule has 0 N–H and O–H groups in total. The average molecular weight is 248 g/mol. The van der Waals surface area contributed by atoms with E-state index in [1.54, 1.807) is 6.07 Å². The minimum atomic E-state index is 0.0543. The third-order valence-corrected chi connectivity index (χ3v) is 3.06.